The maximum atomic E-state index is 9.01. The summed E-state index contributed by atoms with van der Waals surface area (Å²) in [6, 6.07) is 0.613. The largest absolute Gasteiger partial charge is 0.390 e. The summed E-state index contributed by atoms with van der Waals surface area (Å²) in [5, 5.41) is 9.01. The van der Waals surface area contributed by atoms with Gasteiger partial charge in [0.2, 0.25) is 0 Å². The van der Waals surface area contributed by atoms with E-state index < -0.39 is 0 Å². The van der Waals surface area contributed by atoms with Crippen molar-refractivity contribution in [3.63, 3.8) is 0 Å². The fraction of sp³-hybridized carbons (Fsp3) is 0.714. The van der Waals surface area contributed by atoms with E-state index >= 15 is 0 Å². The van der Waals surface area contributed by atoms with Gasteiger partial charge in [-0.05, 0) is 18.8 Å². The summed E-state index contributed by atoms with van der Waals surface area (Å²) in [6.45, 7) is 5.45. The Labute approximate surface area is 109 Å². The monoisotopic (exact) mass is 249 g/mol. The summed E-state index contributed by atoms with van der Waals surface area (Å²) in [4.78, 5) is 11.1. The molecule has 4 nitrogen and oxygen atoms in total. The molecule has 1 heterocycles. The van der Waals surface area contributed by atoms with Gasteiger partial charge in [-0.25, -0.2) is 4.98 Å². The van der Waals surface area contributed by atoms with Gasteiger partial charge in [-0.15, -0.1) is 0 Å². The molecule has 0 radical (unpaired) electrons. The first-order valence-corrected chi connectivity index (χ1v) is 6.89. The Hall–Kier alpha value is -1.16. The molecule has 0 amide bonds. The Bertz CT molecular complexity index is 358. The highest BCUT2D eigenvalue weighted by molar-refractivity contribution is 5.37. The average Bonchev–Trinajstić information content (AvgIpc) is 2.89. The van der Waals surface area contributed by atoms with Crippen molar-refractivity contribution in [1.29, 1.82) is 0 Å². The molecule has 1 N–H and O–H groups in total. The van der Waals surface area contributed by atoms with Crippen molar-refractivity contribution in [3.05, 3.63) is 18.1 Å². The standard InChI is InChI=1S/C14H23N3O/c1-11(2)9-17(13-5-3-4-6-13)14-8-15-12(10-18)7-16-14/h7-8,11,13,18H,3-6,9-10H2,1-2H3. The van der Waals surface area contributed by atoms with Crippen LogP contribution in [0.5, 0.6) is 0 Å². The van der Waals surface area contributed by atoms with Gasteiger partial charge in [-0.2, -0.15) is 0 Å². The zero-order valence-electron chi connectivity index (χ0n) is 11.3. The number of rotatable bonds is 5. The van der Waals surface area contributed by atoms with E-state index in [-0.39, 0.29) is 6.61 Å². The normalized spacial score (nSPS) is 16.4. The Morgan fingerprint density at radius 2 is 2.00 bits per heavy atom. The molecule has 0 atom stereocenters. The molecule has 0 saturated heterocycles. The second-order valence-electron chi connectivity index (χ2n) is 5.51. The van der Waals surface area contributed by atoms with Crippen molar-refractivity contribution in [2.24, 2.45) is 5.92 Å². The van der Waals surface area contributed by atoms with Crippen LogP contribution < -0.4 is 4.90 Å². The summed E-state index contributed by atoms with van der Waals surface area (Å²) >= 11 is 0. The van der Waals surface area contributed by atoms with Crippen LogP contribution in [-0.2, 0) is 6.61 Å². The van der Waals surface area contributed by atoms with E-state index in [9.17, 15) is 0 Å². The lowest BCUT2D eigenvalue weighted by atomic mass is 10.1. The third-order valence-corrected chi connectivity index (χ3v) is 3.48. The molecule has 2 rings (SSSR count). The first-order chi connectivity index (χ1) is 8.70. The number of hydrogen-bond acceptors (Lipinski definition) is 4. The van der Waals surface area contributed by atoms with Gasteiger partial charge in [-0.1, -0.05) is 26.7 Å². The second kappa shape index (κ2) is 6.14. The zero-order valence-corrected chi connectivity index (χ0v) is 11.3. The maximum Gasteiger partial charge on any atom is 0.147 e. The van der Waals surface area contributed by atoms with Crippen LogP contribution in [0.25, 0.3) is 0 Å². The fourth-order valence-corrected chi connectivity index (χ4v) is 2.62. The van der Waals surface area contributed by atoms with Gasteiger partial charge >= 0.3 is 0 Å². The molecular formula is C14H23N3O. The fourth-order valence-electron chi connectivity index (χ4n) is 2.62. The quantitative estimate of drug-likeness (QED) is 0.870. The predicted octanol–water partition coefficient (Wildman–Crippen LogP) is 2.37. The van der Waals surface area contributed by atoms with E-state index in [1.807, 2.05) is 0 Å². The molecule has 0 unspecified atom stereocenters. The van der Waals surface area contributed by atoms with Crippen LogP contribution in [0.2, 0.25) is 0 Å². The van der Waals surface area contributed by atoms with Crippen molar-refractivity contribution >= 4 is 5.82 Å². The number of aliphatic hydroxyl groups excluding tert-OH is 1. The van der Waals surface area contributed by atoms with Crippen LogP contribution in [0, 0.1) is 5.92 Å². The average molecular weight is 249 g/mol. The van der Waals surface area contributed by atoms with E-state index in [1.165, 1.54) is 25.7 Å². The molecule has 100 valence electrons. The molecule has 1 aliphatic rings. The molecular weight excluding hydrogens is 226 g/mol. The third-order valence-electron chi connectivity index (χ3n) is 3.48. The van der Waals surface area contributed by atoms with Crippen molar-refractivity contribution in [1.82, 2.24) is 9.97 Å². The number of hydrogen-bond donors (Lipinski definition) is 1. The highest BCUT2D eigenvalue weighted by Crippen LogP contribution is 2.27. The van der Waals surface area contributed by atoms with E-state index in [4.69, 9.17) is 5.11 Å². The Balaban J connectivity index is 2.15. The minimum Gasteiger partial charge on any atom is -0.390 e. The topological polar surface area (TPSA) is 49.2 Å². The minimum absolute atomic E-state index is 0.0408. The number of aromatic nitrogens is 2. The van der Waals surface area contributed by atoms with Gasteiger partial charge in [-0.3, -0.25) is 4.98 Å². The number of anilines is 1. The van der Waals surface area contributed by atoms with Crippen LogP contribution in [0.1, 0.15) is 45.2 Å². The van der Waals surface area contributed by atoms with Crippen LogP contribution in [0.3, 0.4) is 0 Å². The van der Waals surface area contributed by atoms with Gasteiger partial charge < -0.3 is 10.0 Å². The van der Waals surface area contributed by atoms with E-state index in [1.54, 1.807) is 12.4 Å². The van der Waals surface area contributed by atoms with E-state index in [0.717, 1.165) is 12.4 Å². The molecule has 4 heteroatoms. The van der Waals surface area contributed by atoms with E-state index in [2.05, 4.69) is 28.7 Å². The molecule has 1 aromatic heterocycles. The van der Waals surface area contributed by atoms with Gasteiger partial charge in [0.05, 0.1) is 24.7 Å². The number of nitrogens with zero attached hydrogens (tertiary/aromatic N) is 3. The van der Waals surface area contributed by atoms with Gasteiger partial charge in [0.25, 0.3) is 0 Å². The lowest BCUT2D eigenvalue weighted by molar-refractivity contribution is 0.276. The smallest absolute Gasteiger partial charge is 0.147 e. The first kappa shape index (κ1) is 13.3. The Kier molecular flexibility index (Phi) is 4.53. The van der Waals surface area contributed by atoms with Gasteiger partial charge in [0.15, 0.2) is 0 Å². The molecule has 0 bridgehead atoms. The summed E-state index contributed by atoms with van der Waals surface area (Å²) in [6.07, 6.45) is 8.64. The molecule has 0 aromatic carbocycles. The Morgan fingerprint density at radius 1 is 1.28 bits per heavy atom. The minimum atomic E-state index is -0.0408. The lowest BCUT2D eigenvalue weighted by Gasteiger charge is -2.31. The summed E-state index contributed by atoms with van der Waals surface area (Å²) in [5.74, 6) is 1.57. The third kappa shape index (κ3) is 3.19. The molecule has 1 fully saturated rings. The maximum absolute atomic E-state index is 9.01. The van der Waals surface area contributed by atoms with Crippen molar-refractivity contribution in [2.75, 3.05) is 11.4 Å². The van der Waals surface area contributed by atoms with Crippen LogP contribution in [0.4, 0.5) is 5.82 Å². The second-order valence-corrected chi connectivity index (χ2v) is 5.51. The van der Waals surface area contributed by atoms with Crippen molar-refractivity contribution in [3.8, 4) is 0 Å². The van der Waals surface area contributed by atoms with Crippen LogP contribution in [0.15, 0.2) is 12.4 Å². The summed E-state index contributed by atoms with van der Waals surface area (Å²) < 4.78 is 0. The molecule has 0 spiro atoms. The summed E-state index contributed by atoms with van der Waals surface area (Å²) in [5.41, 5.74) is 0.634. The van der Waals surface area contributed by atoms with Crippen molar-refractivity contribution in [2.45, 2.75) is 52.2 Å². The van der Waals surface area contributed by atoms with Gasteiger partial charge in [0.1, 0.15) is 5.82 Å². The van der Waals surface area contributed by atoms with Crippen molar-refractivity contribution < 1.29 is 5.11 Å². The molecule has 1 aliphatic carbocycles. The molecule has 1 saturated carbocycles. The SMILES string of the molecule is CC(C)CN(c1cnc(CO)cn1)C1CCCC1. The van der Waals surface area contributed by atoms with Gasteiger partial charge in [0, 0.05) is 12.6 Å². The highest BCUT2D eigenvalue weighted by atomic mass is 16.3. The van der Waals surface area contributed by atoms with Crippen LogP contribution in [-0.4, -0.2) is 27.7 Å². The summed E-state index contributed by atoms with van der Waals surface area (Å²) in [7, 11) is 0. The predicted molar refractivity (Wildman–Crippen MR) is 72.4 cm³/mol. The number of aliphatic hydroxyl groups is 1. The molecule has 18 heavy (non-hydrogen) atoms. The van der Waals surface area contributed by atoms with Crippen LogP contribution >= 0.6 is 0 Å². The molecule has 1 aromatic rings. The zero-order chi connectivity index (χ0) is 13.0. The first-order valence-electron chi connectivity index (χ1n) is 6.89. The molecule has 0 aliphatic heterocycles. The lowest BCUT2D eigenvalue weighted by Crippen LogP contribution is -2.37. The van der Waals surface area contributed by atoms with E-state index in [0.29, 0.717) is 17.7 Å². The Morgan fingerprint density at radius 3 is 2.50 bits per heavy atom. The highest BCUT2D eigenvalue weighted by Gasteiger charge is 2.24.